The summed E-state index contributed by atoms with van der Waals surface area (Å²) in [4.78, 5) is 19.8. The van der Waals surface area contributed by atoms with Gasteiger partial charge in [0, 0.05) is 5.92 Å². The lowest BCUT2D eigenvalue weighted by Gasteiger charge is -2.14. The highest BCUT2D eigenvalue weighted by Crippen LogP contribution is 2.16. The second-order valence-corrected chi connectivity index (χ2v) is 4.38. The Balaban J connectivity index is 2.62. The molecule has 94 valence electrons. The fraction of sp³-hybridized carbons (Fsp3) is 0.583. The van der Waals surface area contributed by atoms with Crippen LogP contribution in [0.3, 0.4) is 0 Å². The van der Waals surface area contributed by atoms with Gasteiger partial charge in [0.1, 0.15) is 5.15 Å². The van der Waals surface area contributed by atoms with Crippen LogP contribution in [0.15, 0.2) is 12.4 Å². The molecule has 1 aromatic rings. The molecule has 1 rings (SSSR count). The van der Waals surface area contributed by atoms with Crippen LogP contribution in [0.25, 0.3) is 0 Å². The van der Waals surface area contributed by atoms with E-state index < -0.39 is 0 Å². The molecule has 0 aliphatic heterocycles. The van der Waals surface area contributed by atoms with E-state index in [9.17, 15) is 4.79 Å². The van der Waals surface area contributed by atoms with Gasteiger partial charge >= 0.3 is 0 Å². The molecule has 5 heteroatoms. The zero-order chi connectivity index (χ0) is 12.7. The van der Waals surface area contributed by atoms with E-state index in [0.29, 0.717) is 5.82 Å². The number of carbonyl (C=O) groups is 1. The van der Waals surface area contributed by atoms with Crippen molar-refractivity contribution in [1.29, 1.82) is 0 Å². The van der Waals surface area contributed by atoms with Crippen LogP contribution >= 0.6 is 11.6 Å². The monoisotopic (exact) mass is 255 g/mol. The predicted octanol–water partition coefficient (Wildman–Crippen LogP) is 3.28. The van der Waals surface area contributed by atoms with Gasteiger partial charge in [-0.3, -0.25) is 9.78 Å². The van der Waals surface area contributed by atoms with Crippen molar-refractivity contribution in [2.75, 3.05) is 5.32 Å². The van der Waals surface area contributed by atoms with E-state index in [2.05, 4.69) is 29.1 Å². The van der Waals surface area contributed by atoms with Crippen LogP contribution in [-0.4, -0.2) is 15.9 Å². The van der Waals surface area contributed by atoms with Crippen LogP contribution in [0, 0.1) is 5.92 Å². The van der Waals surface area contributed by atoms with E-state index in [4.69, 9.17) is 11.6 Å². The lowest BCUT2D eigenvalue weighted by atomic mass is 9.97. The summed E-state index contributed by atoms with van der Waals surface area (Å²) in [5.41, 5.74) is 0. The average molecular weight is 256 g/mol. The van der Waals surface area contributed by atoms with Gasteiger partial charge in [-0.1, -0.05) is 38.3 Å². The molecule has 0 aromatic carbocycles. The Bertz CT molecular complexity index is 365. The van der Waals surface area contributed by atoms with Crippen molar-refractivity contribution in [3.63, 3.8) is 0 Å². The Morgan fingerprint density at radius 1 is 1.35 bits per heavy atom. The summed E-state index contributed by atoms with van der Waals surface area (Å²) in [6, 6.07) is 0. The van der Waals surface area contributed by atoms with E-state index in [0.717, 1.165) is 25.7 Å². The second kappa shape index (κ2) is 7.22. The minimum absolute atomic E-state index is 0.00488. The van der Waals surface area contributed by atoms with E-state index >= 15 is 0 Å². The predicted molar refractivity (Wildman–Crippen MR) is 69.0 cm³/mol. The van der Waals surface area contributed by atoms with Crippen molar-refractivity contribution < 1.29 is 4.79 Å². The SMILES string of the molecule is CCCC(CCC)C(=O)Nc1cncc(Cl)n1. The Morgan fingerprint density at radius 2 is 2.00 bits per heavy atom. The smallest absolute Gasteiger partial charge is 0.228 e. The molecular formula is C12H18ClN3O. The molecule has 1 heterocycles. The van der Waals surface area contributed by atoms with Crippen LogP contribution < -0.4 is 5.32 Å². The second-order valence-electron chi connectivity index (χ2n) is 3.99. The number of anilines is 1. The quantitative estimate of drug-likeness (QED) is 0.849. The van der Waals surface area contributed by atoms with Gasteiger partial charge in [0.05, 0.1) is 12.4 Å². The molecule has 0 atom stereocenters. The Morgan fingerprint density at radius 3 is 2.53 bits per heavy atom. The van der Waals surface area contributed by atoms with Gasteiger partial charge in [0.15, 0.2) is 5.82 Å². The summed E-state index contributed by atoms with van der Waals surface area (Å²) < 4.78 is 0. The molecule has 17 heavy (non-hydrogen) atoms. The Hall–Kier alpha value is -1.16. The normalized spacial score (nSPS) is 10.6. The maximum atomic E-state index is 12.0. The first-order valence-electron chi connectivity index (χ1n) is 5.95. The van der Waals surface area contributed by atoms with E-state index in [-0.39, 0.29) is 17.0 Å². The summed E-state index contributed by atoms with van der Waals surface area (Å²) in [6.45, 7) is 4.16. The number of halogens is 1. The third kappa shape index (κ3) is 4.69. The molecule has 0 fully saturated rings. The number of hydrogen-bond donors (Lipinski definition) is 1. The number of amides is 1. The molecule has 0 saturated heterocycles. The lowest BCUT2D eigenvalue weighted by molar-refractivity contribution is -0.120. The standard InChI is InChI=1S/C12H18ClN3O/c1-3-5-9(6-4-2)12(17)16-11-8-14-7-10(13)15-11/h7-9H,3-6H2,1-2H3,(H,15,16,17). The van der Waals surface area contributed by atoms with Crippen LogP contribution in [0.5, 0.6) is 0 Å². The highest BCUT2D eigenvalue weighted by molar-refractivity contribution is 6.29. The Kier molecular flexibility index (Phi) is 5.91. The van der Waals surface area contributed by atoms with Crippen molar-refractivity contribution in [1.82, 2.24) is 9.97 Å². The summed E-state index contributed by atoms with van der Waals surface area (Å²) in [7, 11) is 0. The third-order valence-corrected chi connectivity index (χ3v) is 2.68. The van der Waals surface area contributed by atoms with Crippen molar-refractivity contribution in [2.45, 2.75) is 39.5 Å². The van der Waals surface area contributed by atoms with Crippen LogP contribution in [0.1, 0.15) is 39.5 Å². The third-order valence-electron chi connectivity index (χ3n) is 2.50. The first kappa shape index (κ1) is 13.9. The fourth-order valence-electron chi connectivity index (χ4n) is 1.73. The number of aromatic nitrogens is 2. The first-order chi connectivity index (χ1) is 8.17. The molecule has 0 unspecified atom stereocenters. The molecule has 1 N–H and O–H groups in total. The first-order valence-corrected chi connectivity index (χ1v) is 6.33. The van der Waals surface area contributed by atoms with Gasteiger partial charge in [-0.05, 0) is 12.8 Å². The van der Waals surface area contributed by atoms with E-state index in [1.165, 1.54) is 12.4 Å². The fourth-order valence-corrected chi connectivity index (χ4v) is 1.88. The molecule has 0 radical (unpaired) electrons. The maximum absolute atomic E-state index is 12.0. The van der Waals surface area contributed by atoms with Crippen LogP contribution in [0.4, 0.5) is 5.82 Å². The highest BCUT2D eigenvalue weighted by atomic mass is 35.5. The molecule has 1 aromatic heterocycles. The number of nitrogens with zero attached hydrogens (tertiary/aromatic N) is 2. The van der Waals surface area contributed by atoms with Gasteiger partial charge in [-0.15, -0.1) is 0 Å². The summed E-state index contributed by atoms with van der Waals surface area (Å²) in [6.07, 6.45) is 6.73. The largest absolute Gasteiger partial charge is 0.309 e. The molecule has 0 saturated carbocycles. The van der Waals surface area contributed by atoms with Gasteiger partial charge in [-0.2, -0.15) is 0 Å². The topological polar surface area (TPSA) is 54.9 Å². The van der Waals surface area contributed by atoms with Gasteiger partial charge < -0.3 is 5.32 Å². The molecule has 0 spiro atoms. The molecule has 0 bridgehead atoms. The van der Waals surface area contributed by atoms with Gasteiger partial charge in [0.2, 0.25) is 5.91 Å². The number of nitrogens with one attached hydrogen (secondary N) is 1. The lowest BCUT2D eigenvalue weighted by Crippen LogP contribution is -2.23. The maximum Gasteiger partial charge on any atom is 0.228 e. The zero-order valence-corrected chi connectivity index (χ0v) is 11.0. The van der Waals surface area contributed by atoms with Gasteiger partial charge in [0.25, 0.3) is 0 Å². The molecule has 0 aliphatic rings. The zero-order valence-electron chi connectivity index (χ0n) is 10.2. The minimum Gasteiger partial charge on any atom is -0.309 e. The highest BCUT2D eigenvalue weighted by Gasteiger charge is 2.17. The van der Waals surface area contributed by atoms with Crippen molar-refractivity contribution in [2.24, 2.45) is 5.92 Å². The number of hydrogen-bond acceptors (Lipinski definition) is 3. The van der Waals surface area contributed by atoms with Crippen molar-refractivity contribution in [3.8, 4) is 0 Å². The summed E-state index contributed by atoms with van der Waals surface area (Å²) in [5, 5.41) is 3.04. The average Bonchev–Trinajstić information content (AvgIpc) is 2.28. The molecule has 0 aliphatic carbocycles. The molecule has 4 nitrogen and oxygen atoms in total. The van der Waals surface area contributed by atoms with Crippen LogP contribution in [0.2, 0.25) is 5.15 Å². The van der Waals surface area contributed by atoms with Gasteiger partial charge in [-0.25, -0.2) is 4.98 Å². The summed E-state index contributed by atoms with van der Waals surface area (Å²) >= 11 is 5.71. The van der Waals surface area contributed by atoms with E-state index in [1.54, 1.807) is 0 Å². The number of carbonyl (C=O) groups excluding carboxylic acids is 1. The molecule has 1 amide bonds. The van der Waals surface area contributed by atoms with Crippen molar-refractivity contribution in [3.05, 3.63) is 17.5 Å². The number of rotatable bonds is 6. The van der Waals surface area contributed by atoms with E-state index in [1.807, 2.05) is 0 Å². The minimum atomic E-state index is 0.00488. The Labute approximate surface area is 107 Å². The van der Waals surface area contributed by atoms with Crippen LogP contribution in [-0.2, 0) is 4.79 Å². The summed E-state index contributed by atoms with van der Waals surface area (Å²) in [5.74, 6) is 0.468. The molecular weight excluding hydrogens is 238 g/mol. The van der Waals surface area contributed by atoms with Crippen molar-refractivity contribution >= 4 is 23.3 Å².